The van der Waals surface area contributed by atoms with Crippen LogP contribution in [0.3, 0.4) is 0 Å². The lowest BCUT2D eigenvalue weighted by Gasteiger charge is -2.35. The van der Waals surface area contributed by atoms with E-state index in [1.807, 2.05) is 7.05 Å². The van der Waals surface area contributed by atoms with Gasteiger partial charge in [0.05, 0.1) is 13.2 Å². The van der Waals surface area contributed by atoms with Crippen LogP contribution in [0.1, 0.15) is 30.2 Å². The summed E-state index contributed by atoms with van der Waals surface area (Å²) in [5.74, 6) is 0.533. The van der Waals surface area contributed by atoms with Gasteiger partial charge in [-0.1, -0.05) is 0 Å². The van der Waals surface area contributed by atoms with Gasteiger partial charge in [-0.2, -0.15) is 0 Å². The van der Waals surface area contributed by atoms with Gasteiger partial charge in [-0.3, -0.25) is 4.90 Å². The number of likely N-dealkylation sites (N-methyl/N-ethyl adjacent to an activating group) is 1. The molecule has 0 aromatic heterocycles. The minimum atomic E-state index is -0.548. The predicted molar refractivity (Wildman–Crippen MR) is 60.7 cm³/mol. The molecule has 2 N–H and O–H groups in total. The fraction of sp³-hybridized carbons (Fsp3) is 0.500. The number of aromatic hydroxyl groups is 1. The molecule has 0 saturated carbocycles. The zero-order valence-electron chi connectivity index (χ0n) is 9.77. The fourth-order valence-electron chi connectivity index (χ4n) is 2.18. The summed E-state index contributed by atoms with van der Waals surface area (Å²) in [6.45, 7) is 2.65. The van der Waals surface area contributed by atoms with E-state index in [1.54, 1.807) is 12.1 Å². The molecule has 2 rings (SSSR count). The lowest BCUT2D eigenvalue weighted by Crippen LogP contribution is -2.33. The number of benzene rings is 1. The predicted octanol–water partition coefficient (Wildman–Crippen LogP) is 1.44. The lowest BCUT2D eigenvalue weighted by atomic mass is 9.91. The van der Waals surface area contributed by atoms with Gasteiger partial charge in [-0.05, 0) is 37.2 Å². The maximum atomic E-state index is 9.94. The van der Waals surface area contributed by atoms with E-state index in [-0.39, 0.29) is 11.8 Å². The molecule has 0 amide bonds. The highest BCUT2D eigenvalue weighted by molar-refractivity contribution is 5.49. The van der Waals surface area contributed by atoms with Gasteiger partial charge in [0.15, 0.2) is 11.5 Å². The molecule has 1 aromatic carbocycles. The Kier molecular flexibility index (Phi) is 2.78. The minimum Gasteiger partial charge on any atom is -0.504 e. The molecule has 4 heteroatoms. The Hall–Kier alpha value is -1.26. The van der Waals surface area contributed by atoms with Crippen molar-refractivity contribution in [1.29, 1.82) is 0 Å². The number of aliphatic hydroxyl groups excluding tert-OH is 1. The summed E-state index contributed by atoms with van der Waals surface area (Å²) in [6.07, 6.45) is -0.548. The molecule has 0 saturated heterocycles. The molecule has 1 aliphatic heterocycles. The number of β-amino-alcohol motifs (C(OH)–C–C–N with tert-alkyl or cyclic N) is 1. The van der Waals surface area contributed by atoms with Gasteiger partial charge in [0, 0.05) is 12.6 Å². The fourth-order valence-corrected chi connectivity index (χ4v) is 2.18. The number of nitrogens with zero attached hydrogens (tertiary/aromatic N) is 1. The molecule has 0 unspecified atom stereocenters. The van der Waals surface area contributed by atoms with Crippen molar-refractivity contribution in [1.82, 2.24) is 4.90 Å². The summed E-state index contributed by atoms with van der Waals surface area (Å²) in [5.41, 5.74) is 1.81. The lowest BCUT2D eigenvalue weighted by molar-refractivity contribution is 0.0885. The van der Waals surface area contributed by atoms with Crippen molar-refractivity contribution in [3.63, 3.8) is 0 Å². The number of ether oxygens (including phenoxy) is 1. The largest absolute Gasteiger partial charge is 0.504 e. The molecular weight excluding hydrogens is 206 g/mol. The summed E-state index contributed by atoms with van der Waals surface area (Å²) in [4.78, 5) is 2.07. The van der Waals surface area contributed by atoms with E-state index in [0.29, 0.717) is 12.3 Å². The maximum absolute atomic E-state index is 9.94. The third kappa shape index (κ3) is 1.64. The molecule has 0 spiro atoms. The van der Waals surface area contributed by atoms with Crippen molar-refractivity contribution < 1.29 is 14.9 Å². The van der Waals surface area contributed by atoms with Crippen LogP contribution >= 0.6 is 0 Å². The number of phenolic OH excluding ortho intramolecular Hbond substituents is 1. The second-order valence-corrected chi connectivity index (χ2v) is 4.28. The highest BCUT2D eigenvalue weighted by atomic mass is 16.5. The highest BCUT2D eigenvalue weighted by Crippen LogP contribution is 2.39. The first-order chi connectivity index (χ1) is 7.54. The van der Waals surface area contributed by atoms with Crippen LogP contribution in [-0.2, 0) is 0 Å². The third-order valence-corrected chi connectivity index (χ3v) is 3.32. The molecule has 0 fully saturated rings. The monoisotopic (exact) mass is 223 g/mol. The Balaban J connectivity index is 2.54. The number of hydrogen-bond donors (Lipinski definition) is 2. The van der Waals surface area contributed by atoms with E-state index in [0.717, 1.165) is 11.1 Å². The highest BCUT2D eigenvalue weighted by Gasteiger charge is 2.28. The van der Waals surface area contributed by atoms with Crippen LogP contribution < -0.4 is 4.74 Å². The Morgan fingerprint density at radius 2 is 2.06 bits per heavy atom. The van der Waals surface area contributed by atoms with E-state index in [2.05, 4.69) is 11.8 Å². The molecule has 0 bridgehead atoms. The van der Waals surface area contributed by atoms with Crippen LogP contribution in [0.15, 0.2) is 12.1 Å². The molecule has 1 aromatic rings. The summed E-state index contributed by atoms with van der Waals surface area (Å²) in [6, 6.07) is 3.61. The quantitative estimate of drug-likeness (QED) is 0.756. The van der Waals surface area contributed by atoms with Gasteiger partial charge in [0.2, 0.25) is 0 Å². The van der Waals surface area contributed by atoms with Gasteiger partial charge in [-0.25, -0.2) is 0 Å². The Labute approximate surface area is 95.1 Å². The molecule has 0 radical (unpaired) electrons. The van der Waals surface area contributed by atoms with Crippen LogP contribution in [0, 0.1) is 0 Å². The van der Waals surface area contributed by atoms with Crippen molar-refractivity contribution in [2.75, 3.05) is 20.7 Å². The van der Waals surface area contributed by atoms with Gasteiger partial charge >= 0.3 is 0 Å². The van der Waals surface area contributed by atoms with Crippen molar-refractivity contribution in [3.05, 3.63) is 23.3 Å². The number of fused-ring (bicyclic) bond motifs is 1. The molecule has 16 heavy (non-hydrogen) atoms. The minimum absolute atomic E-state index is 0.0806. The van der Waals surface area contributed by atoms with E-state index in [1.165, 1.54) is 7.11 Å². The van der Waals surface area contributed by atoms with Crippen molar-refractivity contribution in [3.8, 4) is 11.5 Å². The Morgan fingerprint density at radius 1 is 1.38 bits per heavy atom. The van der Waals surface area contributed by atoms with E-state index >= 15 is 0 Å². The Bertz CT molecular complexity index is 405. The van der Waals surface area contributed by atoms with Crippen LogP contribution in [0.4, 0.5) is 0 Å². The van der Waals surface area contributed by atoms with Crippen molar-refractivity contribution >= 4 is 0 Å². The molecule has 4 nitrogen and oxygen atoms in total. The zero-order chi connectivity index (χ0) is 11.9. The maximum Gasteiger partial charge on any atom is 0.160 e. The number of hydrogen-bond acceptors (Lipinski definition) is 4. The van der Waals surface area contributed by atoms with Crippen LogP contribution in [0.2, 0.25) is 0 Å². The van der Waals surface area contributed by atoms with E-state index < -0.39 is 6.10 Å². The molecule has 2 atom stereocenters. The molecule has 1 heterocycles. The van der Waals surface area contributed by atoms with Gasteiger partial charge < -0.3 is 14.9 Å². The second kappa shape index (κ2) is 3.96. The molecular formula is C12H17NO3. The summed E-state index contributed by atoms with van der Waals surface area (Å²) < 4.78 is 5.08. The normalized spacial score (nSPS) is 25.2. The zero-order valence-corrected chi connectivity index (χ0v) is 9.77. The van der Waals surface area contributed by atoms with Gasteiger partial charge in [-0.15, -0.1) is 0 Å². The number of rotatable bonds is 1. The Morgan fingerprint density at radius 3 is 2.69 bits per heavy atom. The number of methoxy groups -OCH3 is 1. The summed E-state index contributed by atoms with van der Waals surface area (Å²) in [5, 5.41) is 19.6. The van der Waals surface area contributed by atoms with Gasteiger partial charge in [0.25, 0.3) is 0 Å². The first kappa shape index (κ1) is 11.2. The first-order valence-corrected chi connectivity index (χ1v) is 5.33. The molecule has 0 aliphatic carbocycles. The first-order valence-electron chi connectivity index (χ1n) is 5.33. The van der Waals surface area contributed by atoms with Crippen LogP contribution in [-0.4, -0.2) is 35.8 Å². The van der Waals surface area contributed by atoms with Crippen molar-refractivity contribution in [2.24, 2.45) is 0 Å². The SMILES string of the molecule is COc1cc2c(cc1O)[C@@H](O)CN(C)[C@@H]2C. The van der Waals surface area contributed by atoms with E-state index in [9.17, 15) is 10.2 Å². The summed E-state index contributed by atoms with van der Waals surface area (Å²) >= 11 is 0. The molecule has 88 valence electrons. The van der Waals surface area contributed by atoms with Crippen LogP contribution in [0.25, 0.3) is 0 Å². The van der Waals surface area contributed by atoms with E-state index in [4.69, 9.17) is 4.74 Å². The molecule has 1 aliphatic rings. The second-order valence-electron chi connectivity index (χ2n) is 4.28. The number of phenols is 1. The van der Waals surface area contributed by atoms with Crippen molar-refractivity contribution in [2.45, 2.75) is 19.1 Å². The summed E-state index contributed by atoms with van der Waals surface area (Å²) in [7, 11) is 3.49. The van der Waals surface area contributed by atoms with Gasteiger partial charge in [0.1, 0.15) is 0 Å². The topological polar surface area (TPSA) is 52.9 Å². The third-order valence-electron chi connectivity index (χ3n) is 3.32. The average molecular weight is 223 g/mol. The van der Waals surface area contributed by atoms with Crippen LogP contribution in [0.5, 0.6) is 11.5 Å². The standard InChI is InChI=1S/C12H17NO3/c1-7-8-5-12(16-3)10(14)4-9(8)11(15)6-13(7)2/h4-5,7,11,14-15H,6H2,1-3H3/t7-,11+/m1/s1. The smallest absolute Gasteiger partial charge is 0.160 e. The average Bonchev–Trinajstić information content (AvgIpc) is 2.25. The number of aliphatic hydroxyl groups is 1.